The highest BCUT2D eigenvalue weighted by atomic mass is 31.2. The molecular formula is C42H33O5P3. The predicted octanol–water partition coefficient (Wildman–Crippen LogP) is 8.73. The quantitative estimate of drug-likeness (QED) is 0.119. The van der Waals surface area contributed by atoms with Gasteiger partial charge in [-0.2, -0.15) is 0 Å². The molecule has 8 heteroatoms. The molecule has 0 amide bonds. The Kier molecular flexibility index (Phi) is 10.1. The molecule has 0 atom stereocenters. The molecule has 7 aromatic carbocycles. The van der Waals surface area contributed by atoms with Crippen LogP contribution in [0.5, 0.6) is 17.2 Å². The van der Waals surface area contributed by atoms with Crippen molar-refractivity contribution < 1.29 is 22.7 Å². The summed E-state index contributed by atoms with van der Waals surface area (Å²) in [6, 6.07) is 62.0. The van der Waals surface area contributed by atoms with Gasteiger partial charge in [0.2, 0.25) is 0 Å². The smallest absolute Gasteiger partial charge is 0.409 e. The van der Waals surface area contributed by atoms with Crippen LogP contribution in [0.25, 0.3) is 0 Å². The van der Waals surface area contributed by atoms with Crippen LogP contribution >= 0.6 is 22.9 Å². The highest BCUT2D eigenvalue weighted by Gasteiger charge is 2.31. The molecule has 0 aromatic heterocycles. The topological polar surface area (TPSA) is 61.8 Å². The van der Waals surface area contributed by atoms with Crippen LogP contribution in [0.4, 0.5) is 0 Å². The van der Waals surface area contributed by atoms with Crippen LogP contribution in [-0.2, 0) is 9.13 Å². The first-order valence-corrected chi connectivity index (χ1v) is 20.6. The van der Waals surface area contributed by atoms with Gasteiger partial charge < -0.3 is 22.7 Å². The molecule has 0 aliphatic carbocycles. The Labute approximate surface area is 293 Å². The Morgan fingerprint density at radius 2 is 0.500 bits per heavy atom. The van der Waals surface area contributed by atoms with Crippen LogP contribution in [0, 0.1) is 0 Å². The second-order valence-corrected chi connectivity index (χ2v) is 17.9. The van der Waals surface area contributed by atoms with E-state index in [1.165, 1.54) is 0 Å². The molecule has 0 unspecified atom stereocenters. The van der Waals surface area contributed by atoms with E-state index in [0.29, 0.717) is 27.9 Å². The Hall–Kier alpha value is -5.17. The zero-order chi connectivity index (χ0) is 34.2. The van der Waals surface area contributed by atoms with Crippen molar-refractivity contribution in [2.45, 2.75) is 0 Å². The fourth-order valence-corrected chi connectivity index (χ4v) is 12.0. The standard InChI is InChI=1S/C42H33O5P3/c43-49(37-18-8-2-9-19-37,38-20-10-3-11-21-38)41-30-26-35(27-31-41)46-48(45-34-16-6-1-7-17-34)47-36-28-32-42(33-29-36)50(44,39-22-12-4-13-23-39)40-24-14-5-15-25-40/h1-33H. The molecule has 7 rings (SSSR count). The largest absolute Gasteiger partial charge is 0.530 e. The molecule has 0 saturated heterocycles. The van der Waals surface area contributed by atoms with Gasteiger partial charge in [0.25, 0.3) is 0 Å². The van der Waals surface area contributed by atoms with Crippen molar-refractivity contribution in [3.05, 3.63) is 200 Å². The molecule has 0 spiro atoms. The van der Waals surface area contributed by atoms with E-state index in [9.17, 15) is 9.13 Å². The van der Waals surface area contributed by atoms with Gasteiger partial charge in [0.05, 0.1) is 0 Å². The minimum atomic E-state index is -3.14. The Morgan fingerprint density at radius 1 is 0.280 bits per heavy atom. The highest BCUT2D eigenvalue weighted by Crippen LogP contribution is 2.46. The third-order valence-electron chi connectivity index (χ3n) is 8.16. The molecule has 0 radical (unpaired) electrons. The van der Waals surface area contributed by atoms with Crippen molar-refractivity contribution in [1.29, 1.82) is 0 Å². The van der Waals surface area contributed by atoms with E-state index in [1.54, 1.807) is 24.3 Å². The van der Waals surface area contributed by atoms with Gasteiger partial charge in [0.1, 0.15) is 17.2 Å². The Balaban J connectivity index is 1.17. The summed E-state index contributed by atoms with van der Waals surface area (Å²) in [5.41, 5.74) is 0. The highest BCUT2D eigenvalue weighted by molar-refractivity contribution is 7.85. The molecular weight excluding hydrogens is 677 g/mol. The maximum Gasteiger partial charge on any atom is 0.530 e. The molecule has 0 bridgehead atoms. The van der Waals surface area contributed by atoms with Crippen molar-refractivity contribution in [3.63, 3.8) is 0 Å². The summed E-state index contributed by atoms with van der Waals surface area (Å²) in [6.07, 6.45) is 0. The molecule has 5 nitrogen and oxygen atoms in total. The summed E-state index contributed by atoms with van der Waals surface area (Å²) in [5.74, 6) is 1.58. The molecule has 0 aliphatic rings. The van der Waals surface area contributed by atoms with E-state index in [-0.39, 0.29) is 0 Å². The van der Waals surface area contributed by atoms with E-state index < -0.39 is 22.9 Å². The van der Waals surface area contributed by atoms with Crippen LogP contribution in [0.2, 0.25) is 0 Å². The number of rotatable bonds is 12. The summed E-state index contributed by atoms with van der Waals surface area (Å²) in [7, 11) is -8.26. The maximum atomic E-state index is 14.8. The summed E-state index contributed by atoms with van der Waals surface area (Å²) >= 11 is 0. The van der Waals surface area contributed by atoms with Gasteiger partial charge in [-0.15, -0.1) is 0 Å². The van der Waals surface area contributed by atoms with Crippen LogP contribution in [0.15, 0.2) is 200 Å². The Bertz CT molecular complexity index is 1990. The van der Waals surface area contributed by atoms with E-state index in [4.69, 9.17) is 13.6 Å². The first-order chi connectivity index (χ1) is 24.5. The molecule has 0 heterocycles. The first kappa shape index (κ1) is 33.3. The number of hydrogen-bond donors (Lipinski definition) is 0. The minimum Gasteiger partial charge on any atom is -0.409 e. The third kappa shape index (κ3) is 7.09. The average molecular weight is 711 g/mol. The summed E-state index contributed by atoms with van der Waals surface area (Å²) < 4.78 is 48.4. The van der Waals surface area contributed by atoms with Crippen LogP contribution < -0.4 is 45.4 Å². The maximum absolute atomic E-state index is 14.8. The van der Waals surface area contributed by atoms with Gasteiger partial charge in [-0.3, -0.25) is 0 Å². The van der Waals surface area contributed by atoms with Gasteiger partial charge in [-0.05, 0) is 60.7 Å². The number of benzene rings is 7. The van der Waals surface area contributed by atoms with Crippen molar-refractivity contribution in [2.24, 2.45) is 0 Å². The molecule has 0 saturated carbocycles. The zero-order valence-corrected chi connectivity index (χ0v) is 29.6. The Morgan fingerprint density at radius 3 is 0.780 bits per heavy atom. The summed E-state index contributed by atoms with van der Waals surface area (Å²) in [4.78, 5) is 0. The van der Waals surface area contributed by atoms with Gasteiger partial charge >= 0.3 is 8.60 Å². The lowest BCUT2D eigenvalue weighted by Crippen LogP contribution is -2.24. The average Bonchev–Trinajstić information content (AvgIpc) is 3.19. The van der Waals surface area contributed by atoms with E-state index in [0.717, 1.165) is 21.2 Å². The first-order valence-electron chi connectivity index (χ1n) is 16.1. The third-order valence-corrected chi connectivity index (χ3v) is 15.4. The zero-order valence-electron chi connectivity index (χ0n) is 26.9. The van der Waals surface area contributed by atoms with Gasteiger partial charge in [-0.25, -0.2) is 0 Å². The van der Waals surface area contributed by atoms with Gasteiger partial charge in [-0.1, -0.05) is 140 Å². The van der Waals surface area contributed by atoms with E-state index in [1.807, 2.05) is 176 Å². The summed E-state index contributed by atoms with van der Waals surface area (Å²) in [6.45, 7) is 0. The van der Waals surface area contributed by atoms with Crippen molar-refractivity contribution in [3.8, 4) is 17.2 Å². The second kappa shape index (κ2) is 15.2. The summed E-state index contributed by atoms with van der Waals surface area (Å²) in [5, 5.41) is 4.40. The fraction of sp³-hybridized carbons (Fsp3) is 0. The molecule has 246 valence electrons. The molecule has 0 fully saturated rings. The normalized spacial score (nSPS) is 11.5. The van der Waals surface area contributed by atoms with Crippen molar-refractivity contribution in [1.82, 2.24) is 0 Å². The molecule has 0 N–H and O–H groups in total. The fourth-order valence-electron chi connectivity index (χ4n) is 5.68. The number of hydrogen-bond acceptors (Lipinski definition) is 5. The molecule has 0 aliphatic heterocycles. The van der Waals surface area contributed by atoms with Crippen molar-refractivity contribution >= 4 is 54.7 Å². The van der Waals surface area contributed by atoms with Gasteiger partial charge in [0.15, 0.2) is 14.3 Å². The number of para-hydroxylation sites is 1. The van der Waals surface area contributed by atoms with Crippen LogP contribution in [0.3, 0.4) is 0 Å². The molecule has 50 heavy (non-hydrogen) atoms. The lowest BCUT2D eigenvalue weighted by Gasteiger charge is -2.22. The molecule has 7 aromatic rings. The van der Waals surface area contributed by atoms with E-state index >= 15 is 0 Å². The SMILES string of the molecule is O=P(c1ccccc1)(c1ccccc1)c1ccc(OP(Oc2ccccc2)Oc2ccc(P(=O)(c3ccccc3)c3ccccc3)cc2)cc1. The van der Waals surface area contributed by atoms with Gasteiger partial charge in [0, 0.05) is 31.8 Å². The lowest BCUT2D eigenvalue weighted by molar-refractivity contribution is 0.388. The lowest BCUT2D eigenvalue weighted by atomic mass is 10.3. The van der Waals surface area contributed by atoms with Crippen LogP contribution in [-0.4, -0.2) is 0 Å². The van der Waals surface area contributed by atoms with E-state index in [2.05, 4.69) is 0 Å². The van der Waals surface area contributed by atoms with Crippen molar-refractivity contribution in [2.75, 3.05) is 0 Å². The monoisotopic (exact) mass is 710 g/mol. The minimum absolute atomic E-state index is 0.498. The second-order valence-electron chi connectivity index (χ2n) is 11.4. The predicted molar refractivity (Wildman–Crippen MR) is 207 cm³/mol. The van der Waals surface area contributed by atoms with Crippen LogP contribution in [0.1, 0.15) is 0 Å².